The first-order valence-electron chi connectivity index (χ1n) is 8.46. The number of ether oxygens (including phenoxy) is 1. The smallest absolute Gasteiger partial charge is 0.397 e. The van der Waals surface area contributed by atoms with Gasteiger partial charge in [0.05, 0.1) is 12.5 Å². The standard InChI is InChI=1S/C20H20N2O4/c23-18(21-12-15-7-3-1-4-8-15)11-17-14-26-20(25)19(24)22(17)13-16-9-5-2-6-10-16/h1-10,17H,11-14H2,(H,21,23)/t17-/m0/s1. The van der Waals surface area contributed by atoms with Crippen molar-refractivity contribution >= 4 is 17.8 Å². The van der Waals surface area contributed by atoms with E-state index in [1.54, 1.807) is 0 Å². The third-order valence-corrected chi connectivity index (χ3v) is 4.23. The number of cyclic esters (lactones) is 1. The number of morpholine rings is 1. The van der Waals surface area contributed by atoms with Gasteiger partial charge >= 0.3 is 11.9 Å². The SMILES string of the molecule is O=C(C[C@H]1COC(=O)C(=O)N1Cc1ccccc1)NCc1ccccc1. The summed E-state index contributed by atoms with van der Waals surface area (Å²) in [5.41, 5.74) is 1.89. The van der Waals surface area contributed by atoms with Gasteiger partial charge in [-0.1, -0.05) is 60.7 Å². The van der Waals surface area contributed by atoms with Gasteiger partial charge in [0, 0.05) is 13.1 Å². The Morgan fingerprint density at radius 3 is 2.27 bits per heavy atom. The van der Waals surface area contributed by atoms with Crippen molar-refractivity contribution in [2.45, 2.75) is 25.6 Å². The molecule has 0 saturated carbocycles. The second-order valence-corrected chi connectivity index (χ2v) is 6.14. The molecule has 0 aromatic heterocycles. The van der Waals surface area contributed by atoms with Gasteiger partial charge in [-0.2, -0.15) is 0 Å². The average Bonchev–Trinajstić information content (AvgIpc) is 2.67. The van der Waals surface area contributed by atoms with Gasteiger partial charge in [0.15, 0.2) is 0 Å². The van der Waals surface area contributed by atoms with Crippen LogP contribution in [0.4, 0.5) is 0 Å². The second-order valence-electron chi connectivity index (χ2n) is 6.14. The molecule has 1 aliphatic heterocycles. The molecule has 0 spiro atoms. The fraction of sp³-hybridized carbons (Fsp3) is 0.250. The zero-order chi connectivity index (χ0) is 18.4. The molecule has 6 heteroatoms. The molecule has 2 amide bonds. The maximum absolute atomic E-state index is 12.3. The lowest BCUT2D eigenvalue weighted by molar-refractivity contribution is -0.171. The van der Waals surface area contributed by atoms with E-state index in [1.807, 2.05) is 60.7 Å². The molecule has 1 heterocycles. The van der Waals surface area contributed by atoms with Crippen molar-refractivity contribution < 1.29 is 19.1 Å². The van der Waals surface area contributed by atoms with Crippen molar-refractivity contribution in [1.29, 1.82) is 0 Å². The fourth-order valence-electron chi connectivity index (χ4n) is 2.84. The van der Waals surface area contributed by atoms with Crippen molar-refractivity contribution in [2.24, 2.45) is 0 Å². The van der Waals surface area contributed by atoms with Crippen molar-refractivity contribution in [3.05, 3.63) is 71.8 Å². The number of hydrogen-bond acceptors (Lipinski definition) is 4. The highest BCUT2D eigenvalue weighted by Gasteiger charge is 2.36. The van der Waals surface area contributed by atoms with E-state index in [2.05, 4.69) is 5.32 Å². The fourth-order valence-corrected chi connectivity index (χ4v) is 2.84. The monoisotopic (exact) mass is 352 g/mol. The highest BCUT2D eigenvalue weighted by atomic mass is 16.5. The summed E-state index contributed by atoms with van der Waals surface area (Å²) in [4.78, 5) is 37.5. The molecule has 134 valence electrons. The van der Waals surface area contributed by atoms with E-state index in [-0.39, 0.29) is 25.5 Å². The first kappa shape index (κ1) is 17.7. The number of nitrogens with one attached hydrogen (secondary N) is 1. The predicted molar refractivity (Wildman–Crippen MR) is 94.6 cm³/mol. The van der Waals surface area contributed by atoms with E-state index < -0.39 is 17.9 Å². The molecule has 1 saturated heterocycles. The van der Waals surface area contributed by atoms with Gasteiger partial charge in [-0.3, -0.25) is 9.59 Å². The summed E-state index contributed by atoms with van der Waals surface area (Å²) in [5.74, 6) is -1.77. The van der Waals surface area contributed by atoms with Crippen LogP contribution < -0.4 is 5.32 Å². The molecule has 26 heavy (non-hydrogen) atoms. The van der Waals surface area contributed by atoms with Crippen LogP contribution in [-0.4, -0.2) is 35.3 Å². The molecule has 0 bridgehead atoms. The highest BCUT2D eigenvalue weighted by molar-refractivity contribution is 6.32. The maximum atomic E-state index is 12.3. The lowest BCUT2D eigenvalue weighted by Gasteiger charge is -2.34. The molecule has 6 nitrogen and oxygen atoms in total. The van der Waals surface area contributed by atoms with Gasteiger partial charge < -0.3 is 15.0 Å². The van der Waals surface area contributed by atoms with Crippen LogP contribution in [0.2, 0.25) is 0 Å². The minimum atomic E-state index is -0.873. The number of benzene rings is 2. The van der Waals surface area contributed by atoms with Crippen LogP contribution in [0.25, 0.3) is 0 Å². The summed E-state index contributed by atoms with van der Waals surface area (Å²) >= 11 is 0. The molecule has 0 unspecified atom stereocenters. The van der Waals surface area contributed by atoms with Crippen LogP contribution in [0.15, 0.2) is 60.7 Å². The topological polar surface area (TPSA) is 75.7 Å². The number of rotatable bonds is 6. The van der Waals surface area contributed by atoms with Crippen LogP contribution >= 0.6 is 0 Å². The first-order chi connectivity index (χ1) is 12.6. The highest BCUT2D eigenvalue weighted by Crippen LogP contribution is 2.17. The Bertz CT molecular complexity index is 777. The van der Waals surface area contributed by atoms with Gasteiger partial charge in [0.25, 0.3) is 0 Å². The first-order valence-corrected chi connectivity index (χ1v) is 8.46. The maximum Gasteiger partial charge on any atom is 0.397 e. The predicted octanol–water partition coefficient (Wildman–Crippen LogP) is 1.65. The Labute approximate surface area is 151 Å². The Hall–Kier alpha value is -3.15. The largest absolute Gasteiger partial charge is 0.456 e. The minimum Gasteiger partial charge on any atom is -0.456 e. The molecule has 1 atom stereocenters. The number of hydrogen-bond donors (Lipinski definition) is 1. The lowest BCUT2D eigenvalue weighted by Crippen LogP contribution is -2.52. The molecule has 1 N–H and O–H groups in total. The van der Waals surface area contributed by atoms with Crippen molar-refractivity contribution in [3.8, 4) is 0 Å². The number of esters is 1. The van der Waals surface area contributed by atoms with Gasteiger partial charge in [-0.05, 0) is 11.1 Å². The molecule has 3 rings (SSSR count). The summed E-state index contributed by atoms with van der Waals surface area (Å²) in [5, 5.41) is 2.84. The zero-order valence-corrected chi connectivity index (χ0v) is 14.3. The summed E-state index contributed by atoms with van der Waals surface area (Å²) in [7, 11) is 0. The van der Waals surface area contributed by atoms with Gasteiger partial charge in [0.1, 0.15) is 6.61 Å². The molecule has 2 aromatic carbocycles. The Kier molecular flexibility index (Phi) is 5.63. The summed E-state index contributed by atoms with van der Waals surface area (Å²) in [6, 6.07) is 18.5. The van der Waals surface area contributed by atoms with E-state index in [4.69, 9.17) is 4.74 Å². The van der Waals surface area contributed by atoms with E-state index in [1.165, 1.54) is 4.90 Å². The lowest BCUT2D eigenvalue weighted by atomic mass is 10.1. The van der Waals surface area contributed by atoms with E-state index in [0.717, 1.165) is 11.1 Å². The zero-order valence-electron chi connectivity index (χ0n) is 14.3. The van der Waals surface area contributed by atoms with Gasteiger partial charge in [-0.25, -0.2) is 4.79 Å². The minimum absolute atomic E-state index is 0.0240. The van der Waals surface area contributed by atoms with Crippen LogP contribution in [0.1, 0.15) is 17.5 Å². The summed E-state index contributed by atoms with van der Waals surface area (Å²) in [6.07, 6.45) is 0.0820. The third kappa shape index (κ3) is 4.47. The third-order valence-electron chi connectivity index (χ3n) is 4.23. The normalized spacial score (nSPS) is 16.9. The number of carbonyl (C=O) groups is 3. The van der Waals surface area contributed by atoms with Gasteiger partial charge in [0.2, 0.25) is 5.91 Å². The molecular weight excluding hydrogens is 332 g/mol. The molecule has 2 aromatic rings. The van der Waals surface area contributed by atoms with Gasteiger partial charge in [-0.15, -0.1) is 0 Å². The number of nitrogens with zero attached hydrogens (tertiary/aromatic N) is 1. The summed E-state index contributed by atoms with van der Waals surface area (Å²) in [6.45, 7) is 0.709. The quantitative estimate of drug-likeness (QED) is 0.634. The van der Waals surface area contributed by atoms with Crippen LogP contribution in [-0.2, 0) is 32.2 Å². The Balaban J connectivity index is 1.62. The second kappa shape index (κ2) is 8.29. The molecule has 1 aliphatic rings. The van der Waals surface area contributed by atoms with Crippen LogP contribution in [0.5, 0.6) is 0 Å². The number of carbonyl (C=O) groups excluding carboxylic acids is 3. The van der Waals surface area contributed by atoms with Crippen molar-refractivity contribution in [2.75, 3.05) is 6.61 Å². The molecule has 1 fully saturated rings. The van der Waals surface area contributed by atoms with Crippen LogP contribution in [0.3, 0.4) is 0 Å². The molecule has 0 radical (unpaired) electrons. The van der Waals surface area contributed by atoms with E-state index in [9.17, 15) is 14.4 Å². The summed E-state index contributed by atoms with van der Waals surface area (Å²) < 4.78 is 4.92. The molecule has 0 aliphatic carbocycles. The van der Waals surface area contributed by atoms with Crippen molar-refractivity contribution in [1.82, 2.24) is 10.2 Å². The van der Waals surface area contributed by atoms with Crippen LogP contribution in [0, 0.1) is 0 Å². The van der Waals surface area contributed by atoms with E-state index in [0.29, 0.717) is 6.54 Å². The Morgan fingerprint density at radius 1 is 1.00 bits per heavy atom. The van der Waals surface area contributed by atoms with E-state index >= 15 is 0 Å². The number of amides is 2. The van der Waals surface area contributed by atoms with Crippen molar-refractivity contribution in [3.63, 3.8) is 0 Å². The average molecular weight is 352 g/mol. The molecular formula is C20H20N2O4. The Morgan fingerprint density at radius 2 is 1.62 bits per heavy atom.